The highest BCUT2D eigenvalue weighted by molar-refractivity contribution is 7.10. The van der Waals surface area contributed by atoms with Gasteiger partial charge in [0, 0.05) is 56.5 Å². The van der Waals surface area contributed by atoms with Crippen LogP contribution in [0.4, 0.5) is 5.95 Å². The van der Waals surface area contributed by atoms with E-state index in [9.17, 15) is 9.90 Å². The SMILES string of the molecule is O=C(CN1CCN(c2ncccn2)CC1)N1CCC(C(O)c2cccs2)CC1. The number of hydrogen-bond donors (Lipinski definition) is 1. The van der Waals surface area contributed by atoms with Gasteiger partial charge in [-0.1, -0.05) is 6.07 Å². The van der Waals surface area contributed by atoms with E-state index in [1.54, 1.807) is 23.7 Å². The summed E-state index contributed by atoms with van der Waals surface area (Å²) in [6.07, 6.45) is 4.85. The number of piperazine rings is 1. The third kappa shape index (κ3) is 4.51. The van der Waals surface area contributed by atoms with Crippen molar-refractivity contribution in [2.75, 3.05) is 50.7 Å². The Hall–Kier alpha value is -2.03. The van der Waals surface area contributed by atoms with Gasteiger partial charge in [0.1, 0.15) is 0 Å². The van der Waals surface area contributed by atoms with E-state index in [4.69, 9.17) is 0 Å². The number of likely N-dealkylation sites (tertiary alicyclic amines) is 1. The van der Waals surface area contributed by atoms with Gasteiger partial charge in [-0.2, -0.15) is 0 Å². The van der Waals surface area contributed by atoms with Crippen LogP contribution >= 0.6 is 11.3 Å². The molecule has 1 amide bonds. The van der Waals surface area contributed by atoms with E-state index in [2.05, 4.69) is 19.8 Å². The Bertz CT molecular complexity index is 741. The molecule has 8 heteroatoms. The maximum atomic E-state index is 12.7. The molecule has 1 unspecified atom stereocenters. The van der Waals surface area contributed by atoms with Crippen LogP contribution in [0.1, 0.15) is 23.8 Å². The van der Waals surface area contributed by atoms with Crippen LogP contribution in [0.3, 0.4) is 0 Å². The lowest BCUT2D eigenvalue weighted by Crippen LogP contribution is -2.51. The molecular weight excluding hydrogens is 374 g/mol. The second-order valence-electron chi connectivity index (χ2n) is 7.49. The molecule has 0 aromatic carbocycles. The molecule has 0 bridgehead atoms. The van der Waals surface area contributed by atoms with Crippen LogP contribution in [-0.4, -0.2) is 76.6 Å². The molecule has 0 saturated carbocycles. The maximum Gasteiger partial charge on any atom is 0.236 e. The number of aromatic nitrogens is 2. The Morgan fingerprint density at radius 2 is 1.82 bits per heavy atom. The van der Waals surface area contributed by atoms with Crippen molar-refractivity contribution in [2.24, 2.45) is 5.92 Å². The zero-order valence-corrected chi connectivity index (χ0v) is 16.8. The molecule has 2 aromatic rings. The van der Waals surface area contributed by atoms with E-state index in [0.29, 0.717) is 6.54 Å². The molecular formula is C20H27N5O2S. The predicted molar refractivity (Wildman–Crippen MR) is 109 cm³/mol. The van der Waals surface area contributed by atoms with E-state index in [0.717, 1.165) is 62.9 Å². The lowest BCUT2D eigenvalue weighted by molar-refractivity contribution is -0.134. The average molecular weight is 402 g/mol. The van der Waals surface area contributed by atoms with Crippen molar-refractivity contribution < 1.29 is 9.90 Å². The third-order valence-electron chi connectivity index (χ3n) is 5.74. The smallest absolute Gasteiger partial charge is 0.236 e. The molecule has 0 radical (unpaired) electrons. The lowest BCUT2D eigenvalue weighted by atomic mass is 9.90. The Balaban J connectivity index is 1.21. The molecule has 150 valence electrons. The number of amides is 1. The highest BCUT2D eigenvalue weighted by Gasteiger charge is 2.30. The van der Waals surface area contributed by atoms with Crippen molar-refractivity contribution in [3.8, 4) is 0 Å². The number of piperidine rings is 1. The van der Waals surface area contributed by atoms with Crippen molar-refractivity contribution in [1.29, 1.82) is 0 Å². The Kier molecular flexibility index (Phi) is 6.19. The summed E-state index contributed by atoms with van der Waals surface area (Å²) in [5.41, 5.74) is 0. The minimum absolute atomic E-state index is 0.202. The van der Waals surface area contributed by atoms with Gasteiger partial charge in [0.15, 0.2) is 0 Å². The molecule has 28 heavy (non-hydrogen) atoms. The molecule has 2 fully saturated rings. The standard InChI is InChI=1S/C20H27N5O2S/c26-18(15-23-10-12-25(13-11-23)20-21-6-2-7-22-20)24-8-4-16(5-9-24)19(27)17-3-1-14-28-17/h1-3,6-7,14,16,19,27H,4-5,8-13,15H2. The third-order valence-corrected chi connectivity index (χ3v) is 6.68. The van der Waals surface area contributed by atoms with Gasteiger partial charge in [0.05, 0.1) is 12.6 Å². The summed E-state index contributed by atoms with van der Waals surface area (Å²) in [6.45, 7) is 5.32. The molecule has 2 aromatic heterocycles. The topological polar surface area (TPSA) is 72.8 Å². The summed E-state index contributed by atoms with van der Waals surface area (Å²) in [6, 6.07) is 5.79. The fourth-order valence-corrected chi connectivity index (χ4v) is 4.81. The van der Waals surface area contributed by atoms with Crippen LogP contribution in [0, 0.1) is 5.92 Å². The van der Waals surface area contributed by atoms with E-state index >= 15 is 0 Å². The van der Waals surface area contributed by atoms with E-state index in [1.165, 1.54) is 0 Å². The van der Waals surface area contributed by atoms with E-state index in [1.807, 2.05) is 28.5 Å². The predicted octanol–water partition coefficient (Wildman–Crippen LogP) is 1.63. The fourth-order valence-electron chi connectivity index (χ4n) is 4.01. The summed E-state index contributed by atoms with van der Waals surface area (Å²) in [7, 11) is 0. The molecule has 2 aliphatic rings. The number of aliphatic hydroxyl groups is 1. The lowest BCUT2D eigenvalue weighted by Gasteiger charge is -2.37. The molecule has 1 atom stereocenters. The van der Waals surface area contributed by atoms with E-state index in [-0.39, 0.29) is 11.8 Å². The monoisotopic (exact) mass is 401 g/mol. The first-order chi connectivity index (χ1) is 13.7. The normalized spacial score (nSPS) is 20.3. The highest BCUT2D eigenvalue weighted by Crippen LogP contribution is 2.32. The number of aliphatic hydroxyl groups excluding tert-OH is 1. The molecule has 0 spiro atoms. The number of anilines is 1. The van der Waals surface area contributed by atoms with Gasteiger partial charge in [0.2, 0.25) is 11.9 Å². The summed E-state index contributed by atoms with van der Waals surface area (Å²) in [5, 5.41) is 12.5. The number of rotatable bonds is 5. The van der Waals surface area contributed by atoms with Crippen LogP contribution < -0.4 is 4.90 Å². The zero-order valence-electron chi connectivity index (χ0n) is 16.0. The molecule has 1 N–H and O–H groups in total. The highest BCUT2D eigenvalue weighted by atomic mass is 32.1. The molecule has 0 aliphatic carbocycles. The van der Waals surface area contributed by atoms with Crippen molar-refractivity contribution in [1.82, 2.24) is 19.8 Å². The van der Waals surface area contributed by atoms with Gasteiger partial charge in [0.25, 0.3) is 0 Å². The zero-order chi connectivity index (χ0) is 19.3. The van der Waals surface area contributed by atoms with Crippen LogP contribution in [0.25, 0.3) is 0 Å². The van der Waals surface area contributed by atoms with Gasteiger partial charge >= 0.3 is 0 Å². The van der Waals surface area contributed by atoms with E-state index < -0.39 is 6.10 Å². The number of nitrogens with zero attached hydrogens (tertiary/aromatic N) is 5. The Morgan fingerprint density at radius 3 is 2.46 bits per heavy atom. The number of carbonyl (C=O) groups excluding carboxylic acids is 1. The second kappa shape index (κ2) is 8.98. The van der Waals surface area contributed by atoms with Crippen molar-refractivity contribution >= 4 is 23.2 Å². The number of thiophene rings is 1. The molecule has 2 aliphatic heterocycles. The summed E-state index contributed by atoms with van der Waals surface area (Å²) >= 11 is 1.60. The largest absolute Gasteiger partial charge is 0.387 e. The second-order valence-corrected chi connectivity index (χ2v) is 8.47. The molecule has 4 rings (SSSR count). The minimum Gasteiger partial charge on any atom is -0.387 e. The van der Waals surface area contributed by atoms with Crippen LogP contribution in [0.5, 0.6) is 0 Å². The molecule has 4 heterocycles. The van der Waals surface area contributed by atoms with Crippen molar-refractivity contribution in [3.63, 3.8) is 0 Å². The Labute approximate surface area is 169 Å². The first-order valence-corrected chi connectivity index (χ1v) is 10.8. The maximum absolute atomic E-state index is 12.7. The summed E-state index contributed by atoms with van der Waals surface area (Å²) in [5.74, 6) is 1.21. The fraction of sp³-hybridized carbons (Fsp3) is 0.550. The van der Waals surface area contributed by atoms with Crippen molar-refractivity contribution in [3.05, 3.63) is 40.8 Å². The van der Waals surface area contributed by atoms with Crippen LogP contribution in [-0.2, 0) is 4.79 Å². The van der Waals surface area contributed by atoms with Gasteiger partial charge in [-0.3, -0.25) is 9.69 Å². The summed E-state index contributed by atoms with van der Waals surface area (Å²) < 4.78 is 0. The van der Waals surface area contributed by atoms with Crippen molar-refractivity contribution in [2.45, 2.75) is 18.9 Å². The Morgan fingerprint density at radius 1 is 1.11 bits per heavy atom. The average Bonchev–Trinajstić information content (AvgIpc) is 3.29. The first kappa shape index (κ1) is 19.3. The summed E-state index contributed by atoms with van der Waals surface area (Å²) in [4.78, 5) is 28.7. The number of carbonyl (C=O) groups is 1. The molecule has 2 saturated heterocycles. The quantitative estimate of drug-likeness (QED) is 0.821. The van der Waals surface area contributed by atoms with Gasteiger partial charge < -0.3 is 14.9 Å². The minimum atomic E-state index is -0.398. The van der Waals surface area contributed by atoms with Crippen LogP contribution in [0.2, 0.25) is 0 Å². The molecule has 7 nitrogen and oxygen atoms in total. The van der Waals surface area contributed by atoms with Gasteiger partial charge in [-0.25, -0.2) is 9.97 Å². The van der Waals surface area contributed by atoms with Gasteiger partial charge in [-0.15, -0.1) is 11.3 Å². The van der Waals surface area contributed by atoms with Gasteiger partial charge in [-0.05, 0) is 36.3 Å². The number of hydrogen-bond acceptors (Lipinski definition) is 7. The first-order valence-electron chi connectivity index (χ1n) is 9.94. The van der Waals surface area contributed by atoms with Crippen LogP contribution in [0.15, 0.2) is 36.0 Å².